The van der Waals surface area contributed by atoms with Crippen LogP contribution < -0.4 is 0 Å². The first-order valence-electron chi connectivity index (χ1n) is 22.7. The molecule has 3 nitrogen and oxygen atoms in total. The van der Waals surface area contributed by atoms with Gasteiger partial charge in [-0.1, -0.05) is 163 Å². The van der Waals surface area contributed by atoms with E-state index in [0.717, 1.165) is 92.8 Å². The van der Waals surface area contributed by atoms with Crippen molar-refractivity contribution < 1.29 is 20.1 Å². The zero-order chi connectivity index (χ0) is 44.7. The number of nitrogens with zero attached hydrogens (tertiary/aromatic N) is 3. The van der Waals surface area contributed by atoms with Crippen molar-refractivity contribution in [3.05, 3.63) is 258 Å². The van der Waals surface area contributed by atoms with Crippen LogP contribution in [-0.4, -0.2) is 15.0 Å². The summed E-state index contributed by atoms with van der Waals surface area (Å²) < 4.78 is 0. The fourth-order valence-corrected chi connectivity index (χ4v) is 8.65. The molecule has 324 valence electrons. The van der Waals surface area contributed by atoms with Crippen LogP contribution >= 0.6 is 0 Å². The number of hydrogen-bond donors (Lipinski definition) is 0. The average Bonchev–Trinajstić information content (AvgIpc) is 3.38. The second-order valence-corrected chi connectivity index (χ2v) is 17.1. The number of hydrogen-bond acceptors (Lipinski definition) is 3. The largest absolute Gasteiger partial charge is 3.00 e. The van der Waals surface area contributed by atoms with Gasteiger partial charge in [0.25, 0.3) is 0 Å². The van der Waals surface area contributed by atoms with Gasteiger partial charge in [0.05, 0.1) is 0 Å². The molecule has 3 aromatic heterocycles. The molecular formula is C63H48IrN3. The van der Waals surface area contributed by atoms with Crippen molar-refractivity contribution in [3.63, 3.8) is 0 Å². The molecule has 0 aliphatic carbocycles. The zero-order valence-electron chi connectivity index (χ0n) is 37.6. The van der Waals surface area contributed by atoms with Crippen LogP contribution in [0.25, 0.3) is 78.3 Å². The number of aryl methyl sites for hydroxylation is 6. The maximum absolute atomic E-state index is 4.70. The molecule has 3 heterocycles. The van der Waals surface area contributed by atoms with Gasteiger partial charge >= 0.3 is 20.1 Å². The summed E-state index contributed by atoms with van der Waals surface area (Å²) in [5, 5.41) is 0. The van der Waals surface area contributed by atoms with E-state index in [1.807, 2.05) is 30.7 Å². The van der Waals surface area contributed by atoms with Crippen molar-refractivity contribution in [2.45, 2.75) is 39.5 Å². The van der Waals surface area contributed by atoms with Gasteiger partial charge in [-0.25, -0.2) is 0 Å². The number of pyridine rings is 3. The Kier molecular flexibility index (Phi) is 14.0. The van der Waals surface area contributed by atoms with E-state index in [9.17, 15) is 0 Å². The van der Waals surface area contributed by atoms with Crippen LogP contribution in [0.5, 0.6) is 0 Å². The Morgan fingerprint density at radius 3 is 1.42 bits per heavy atom. The molecule has 0 fully saturated rings. The summed E-state index contributed by atoms with van der Waals surface area (Å²) in [7, 11) is 0. The monoisotopic (exact) mass is 1040 g/mol. The smallest absolute Gasteiger partial charge is 0.305 e. The Balaban J connectivity index is 0.00000562. The van der Waals surface area contributed by atoms with E-state index in [0.29, 0.717) is 0 Å². The first kappa shape index (κ1) is 44.8. The minimum Gasteiger partial charge on any atom is -0.305 e. The van der Waals surface area contributed by atoms with E-state index in [2.05, 4.69) is 218 Å². The van der Waals surface area contributed by atoms with Gasteiger partial charge in [-0.05, 0) is 99.9 Å². The van der Waals surface area contributed by atoms with Crippen molar-refractivity contribution in [1.82, 2.24) is 15.0 Å². The molecule has 0 saturated heterocycles. The Labute approximate surface area is 408 Å². The Morgan fingerprint density at radius 1 is 0.343 bits per heavy atom. The van der Waals surface area contributed by atoms with Crippen molar-refractivity contribution in [3.8, 4) is 78.3 Å². The molecule has 4 heteroatoms. The maximum atomic E-state index is 4.70. The van der Waals surface area contributed by atoms with E-state index >= 15 is 0 Å². The van der Waals surface area contributed by atoms with Crippen LogP contribution in [0.4, 0.5) is 0 Å². The predicted octanol–water partition coefficient (Wildman–Crippen LogP) is 15.1. The van der Waals surface area contributed by atoms with Gasteiger partial charge in [0, 0.05) is 18.6 Å². The van der Waals surface area contributed by atoms with Crippen LogP contribution in [0.2, 0.25) is 0 Å². The molecule has 0 saturated carbocycles. The number of benzene rings is 7. The molecule has 0 atom stereocenters. The van der Waals surface area contributed by atoms with Crippen LogP contribution in [-0.2, 0) is 45.8 Å². The molecule has 0 unspecified atom stereocenters. The molecular weight excluding hydrogens is 991 g/mol. The molecule has 0 spiro atoms. The summed E-state index contributed by atoms with van der Waals surface area (Å²) in [5.41, 5.74) is 22.5. The molecule has 0 bridgehead atoms. The third-order valence-electron chi connectivity index (χ3n) is 12.3. The fraction of sp³-hybridized carbons (Fsp3) is 0.0952. The van der Waals surface area contributed by atoms with Crippen molar-refractivity contribution in [1.29, 1.82) is 0 Å². The summed E-state index contributed by atoms with van der Waals surface area (Å²) in [6.45, 7) is 4.12. The minimum atomic E-state index is 0. The standard InChI is InChI=1S/C63H48N3.Ir/c1-44-15-35-62(65-42-44)53-25-21-46(22-26-53)17-19-48-38-49(20-18-47-23-27-54(28-24-47)63-36-16-45(2)43-66-63)40-56(39-48)57-12-6-7-13-58(57)59-34-33-55(61-14-8-9-37-64-61)41-60(59)52-31-29-51(30-32-52)50-10-4-3-5-11-50;/h3-16,21-25,27,29-32,34-43H,17-20H2,1-2H3;/q-3;+3. The first-order valence-corrected chi connectivity index (χ1v) is 22.7. The molecule has 0 aliphatic heterocycles. The van der Waals surface area contributed by atoms with Crippen molar-refractivity contribution in [2.24, 2.45) is 0 Å². The zero-order valence-corrected chi connectivity index (χ0v) is 40.0. The molecule has 0 N–H and O–H groups in total. The molecule has 10 aromatic rings. The van der Waals surface area contributed by atoms with Gasteiger partial charge in [-0.2, -0.15) is 0 Å². The van der Waals surface area contributed by atoms with Gasteiger partial charge in [0.2, 0.25) is 0 Å². The van der Waals surface area contributed by atoms with E-state index in [-0.39, 0.29) is 20.1 Å². The molecule has 0 aliphatic rings. The summed E-state index contributed by atoms with van der Waals surface area (Å²) in [6, 6.07) is 77.9. The fourth-order valence-electron chi connectivity index (χ4n) is 8.65. The Morgan fingerprint density at radius 2 is 0.866 bits per heavy atom. The van der Waals surface area contributed by atoms with Gasteiger partial charge < -0.3 is 15.0 Å². The van der Waals surface area contributed by atoms with Crippen LogP contribution in [0.15, 0.2) is 207 Å². The number of rotatable bonds is 13. The summed E-state index contributed by atoms with van der Waals surface area (Å²) in [4.78, 5) is 14.0. The molecule has 67 heavy (non-hydrogen) atoms. The van der Waals surface area contributed by atoms with E-state index in [4.69, 9.17) is 4.98 Å². The molecule has 10 rings (SSSR count). The second-order valence-electron chi connectivity index (χ2n) is 17.1. The van der Waals surface area contributed by atoms with Gasteiger partial charge in [0.1, 0.15) is 0 Å². The normalized spacial score (nSPS) is 11.0. The van der Waals surface area contributed by atoms with E-state index in [1.54, 1.807) is 0 Å². The van der Waals surface area contributed by atoms with E-state index < -0.39 is 0 Å². The van der Waals surface area contributed by atoms with Gasteiger partial charge in [-0.3, -0.25) is 0 Å². The summed E-state index contributed by atoms with van der Waals surface area (Å²) >= 11 is 0. The van der Waals surface area contributed by atoms with Crippen LogP contribution in [0, 0.1) is 32.0 Å². The topological polar surface area (TPSA) is 38.7 Å². The van der Waals surface area contributed by atoms with Crippen LogP contribution in [0.1, 0.15) is 33.4 Å². The Bertz CT molecular complexity index is 3090. The maximum Gasteiger partial charge on any atom is 3.00 e. The second kappa shape index (κ2) is 20.9. The quantitative estimate of drug-likeness (QED) is 0.108. The first-order chi connectivity index (χ1) is 32.5. The third kappa shape index (κ3) is 10.7. The van der Waals surface area contributed by atoms with Crippen LogP contribution in [0.3, 0.4) is 0 Å². The van der Waals surface area contributed by atoms with Gasteiger partial charge in [-0.15, -0.1) is 94.5 Å². The van der Waals surface area contributed by atoms with Crippen molar-refractivity contribution in [2.75, 3.05) is 0 Å². The van der Waals surface area contributed by atoms with Crippen molar-refractivity contribution >= 4 is 0 Å². The summed E-state index contributed by atoms with van der Waals surface area (Å²) in [6.07, 6.45) is 9.27. The molecule has 0 radical (unpaired) electrons. The average molecular weight is 1040 g/mol. The third-order valence-corrected chi connectivity index (χ3v) is 12.3. The molecule has 7 aromatic carbocycles. The molecule has 0 amide bonds. The minimum absolute atomic E-state index is 0. The Hall–Kier alpha value is -7.36. The van der Waals surface area contributed by atoms with E-state index in [1.165, 1.54) is 44.5 Å². The van der Waals surface area contributed by atoms with Gasteiger partial charge in [0.15, 0.2) is 0 Å². The summed E-state index contributed by atoms with van der Waals surface area (Å²) in [5.74, 6) is 0. The predicted molar refractivity (Wildman–Crippen MR) is 272 cm³/mol. The number of aromatic nitrogens is 3. The SMILES string of the molecule is Cc1ccc(-c2[c-]cc(CCc3cc(CCc4c[c-]c(-c5ccc(C)cn5)cc4)cc(-c4ccccc4-c4c[c-]c(-c5ccccn5)cc4-c4ccc(-c5ccccc5)cc4)c3)cc2)nc1.[Ir+3].